The maximum atomic E-state index is 13.1. The number of esters is 4. The van der Waals surface area contributed by atoms with Crippen LogP contribution in [0.1, 0.15) is 362 Å². The Hall–Kier alpha value is -3.50. The second-order valence-electron chi connectivity index (χ2n) is 27.0. The number of phosphoric acid groups is 2. The highest BCUT2D eigenvalue weighted by molar-refractivity contribution is 7.47. The third kappa shape index (κ3) is 72.8. The second kappa shape index (κ2) is 73.8. The van der Waals surface area contributed by atoms with Gasteiger partial charge in [-0.2, -0.15) is 0 Å². The fourth-order valence-corrected chi connectivity index (χ4v) is 12.6. The Bertz CT molecular complexity index is 2180. The third-order valence-electron chi connectivity index (χ3n) is 17.2. The Kier molecular flexibility index (Phi) is 71.2. The summed E-state index contributed by atoms with van der Waals surface area (Å²) < 4.78 is 68.5. The zero-order chi connectivity index (χ0) is 73.2. The fourth-order valence-electron chi connectivity index (χ4n) is 11.0. The zero-order valence-electron chi connectivity index (χ0n) is 63.6. The van der Waals surface area contributed by atoms with Gasteiger partial charge in [-0.15, -0.1) is 0 Å². The van der Waals surface area contributed by atoms with Crippen molar-refractivity contribution in [2.24, 2.45) is 0 Å². The quantitative estimate of drug-likeness (QED) is 0.0169. The lowest BCUT2D eigenvalue weighted by Gasteiger charge is -2.21. The molecule has 5 atom stereocenters. The molecule has 17 nitrogen and oxygen atoms in total. The Labute approximate surface area is 609 Å². The summed E-state index contributed by atoms with van der Waals surface area (Å²) >= 11 is 0. The molecule has 0 aromatic rings. The number of carbonyl (C=O) groups excluding carboxylic acids is 4. The molecule has 2 unspecified atom stereocenters. The molecular formula is C81H146O17P2. The summed E-state index contributed by atoms with van der Waals surface area (Å²) in [6, 6.07) is 0. The average molecular weight is 1450 g/mol. The van der Waals surface area contributed by atoms with Crippen molar-refractivity contribution in [3.05, 3.63) is 72.9 Å². The molecule has 0 heterocycles. The van der Waals surface area contributed by atoms with Crippen molar-refractivity contribution < 1.29 is 80.2 Å². The van der Waals surface area contributed by atoms with E-state index in [0.717, 1.165) is 116 Å². The van der Waals surface area contributed by atoms with Crippen LogP contribution in [-0.2, 0) is 65.4 Å². The van der Waals surface area contributed by atoms with Crippen LogP contribution in [0.15, 0.2) is 72.9 Å². The maximum Gasteiger partial charge on any atom is 0.472 e. The number of hydrogen-bond acceptors (Lipinski definition) is 15. The summed E-state index contributed by atoms with van der Waals surface area (Å²) in [6.45, 7) is 4.81. The highest BCUT2D eigenvalue weighted by atomic mass is 31.2. The summed E-state index contributed by atoms with van der Waals surface area (Å²) in [7, 11) is -9.96. The van der Waals surface area contributed by atoms with Gasteiger partial charge in [0.05, 0.1) is 26.4 Å². The number of aliphatic hydroxyl groups excluding tert-OH is 1. The van der Waals surface area contributed by atoms with Crippen LogP contribution in [0.25, 0.3) is 0 Å². The van der Waals surface area contributed by atoms with Crippen LogP contribution in [0.2, 0.25) is 0 Å². The molecule has 582 valence electrons. The molecule has 0 amide bonds. The molecule has 0 fully saturated rings. The standard InChI is InChI=1S/C81H146O17P2/c1-5-9-13-17-21-25-29-33-36-37-40-44-48-52-56-60-64-68-81(86)98-76(71-91-78(83)65-61-57-53-49-45-41-32-28-24-20-16-12-8-4)73-95-99(87,88)93-69-75(82)70-94-100(89,90)96-74-77(97-80(85)67-63-59-55-51-47-43-39-35-31-27-23-19-15-11-7-3)72-92-79(84)66-62-58-54-50-46-42-38-34-30-26-22-18-14-10-6-2/h21-22,25-26,33-34,36,38,40,44,52,56,75-77,82H,5-20,23-24,27-32,35,37,39,41-43,45-51,53-55,57-74H2,1-4H3,(H,87,88)(H,89,90)/b25-21-,26-22-,36-33-,38-34-,44-40-,56-52-/t75-,76+,77+/m0/s1. The van der Waals surface area contributed by atoms with Crippen molar-refractivity contribution in [2.45, 2.75) is 380 Å². The number of allylic oxidation sites excluding steroid dienone is 12. The van der Waals surface area contributed by atoms with E-state index in [1.807, 2.05) is 12.2 Å². The molecule has 0 saturated heterocycles. The fraction of sp³-hybridized carbons (Fsp3) is 0.802. The van der Waals surface area contributed by atoms with Crippen LogP contribution in [0.5, 0.6) is 0 Å². The minimum atomic E-state index is -4.98. The largest absolute Gasteiger partial charge is 0.472 e. The normalized spacial score (nSPS) is 14.3. The molecule has 0 aromatic carbocycles. The van der Waals surface area contributed by atoms with E-state index in [1.54, 1.807) is 0 Å². The van der Waals surface area contributed by atoms with Gasteiger partial charge >= 0.3 is 39.5 Å². The Morgan fingerprint density at radius 3 is 0.810 bits per heavy atom. The molecule has 0 aliphatic rings. The molecule has 0 aromatic heterocycles. The van der Waals surface area contributed by atoms with Crippen LogP contribution < -0.4 is 0 Å². The van der Waals surface area contributed by atoms with Gasteiger partial charge in [0.15, 0.2) is 12.2 Å². The maximum absolute atomic E-state index is 13.1. The first-order chi connectivity index (χ1) is 48.7. The van der Waals surface area contributed by atoms with Gasteiger partial charge in [0, 0.05) is 25.7 Å². The highest BCUT2D eigenvalue weighted by Crippen LogP contribution is 2.45. The van der Waals surface area contributed by atoms with Gasteiger partial charge in [-0.05, 0) is 96.3 Å². The van der Waals surface area contributed by atoms with Gasteiger partial charge in [0.25, 0.3) is 0 Å². The number of unbranched alkanes of at least 4 members (excludes halogenated alkanes) is 38. The molecule has 0 aliphatic heterocycles. The topological polar surface area (TPSA) is 237 Å². The summed E-state index contributed by atoms with van der Waals surface area (Å²) in [4.78, 5) is 72.9. The summed E-state index contributed by atoms with van der Waals surface area (Å²) in [6.07, 6.45) is 74.5. The number of aliphatic hydroxyl groups is 1. The average Bonchev–Trinajstić information content (AvgIpc) is 1.13. The SMILES string of the molecule is CCCCC/C=C\C/C=C\C/C=C\C/C=C\CCCC(=O)O[C@H](COC(=O)CCCCCCCCCCCCCCC)COP(=O)(O)OC[C@H](O)COP(=O)(O)OC[C@@H](COC(=O)CCCCCCC/C=C\C/C=C\CCCCC)OC(=O)CCCCCCCCCCCCCCCCC. The molecule has 19 heteroatoms. The first-order valence-electron chi connectivity index (χ1n) is 40.2. The van der Waals surface area contributed by atoms with Gasteiger partial charge < -0.3 is 33.8 Å². The van der Waals surface area contributed by atoms with Crippen molar-refractivity contribution >= 4 is 39.5 Å². The van der Waals surface area contributed by atoms with Crippen LogP contribution in [0.4, 0.5) is 0 Å². The van der Waals surface area contributed by atoms with Gasteiger partial charge in [0.2, 0.25) is 0 Å². The molecule has 0 rings (SSSR count). The second-order valence-corrected chi connectivity index (χ2v) is 29.9. The van der Waals surface area contributed by atoms with E-state index in [2.05, 4.69) is 88.5 Å². The van der Waals surface area contributed by atoms with Crippen LogP contribution in [0, 0.1) is 0 Å². The third-order valence-corrected chi connectivity index (χ3v) is 19.1. The van der Waals surface area contributed by atoms with Crippen molar-refractivity contribution in [2.75, 3.05) is 39.6 Å². The van der Waals surface area contributed by atoms with Crippen molar-refractivity contribution in [3.63, 3.8) is 0 Å². The Balaban J connectivity index is 5.38. The highest BCUT2D eigenvalue weighted by Gasteiger charge is 2.30. The Morgan fingerprint density at radius 1 is 0.280 bits per heavy atom. The molecule has 3 N–H and O–H groups in total. The zero-order valence-corrected chi connectivity index (χ0v) is 65.4. The minimum Gasteiger partial charge on any atom is -0.462 e. The number of phosphoric ester groups is 2. The van der Waals surface area contributed by atoms with E-state index in [1.165, 1.54) is 161 Å². The summed E-state index contributed by atoms with van der Waals surface area (Å²) in [5.74, 6) is -2.22. The lowest BCUT2D eigenvalue weighted by Crippen LogP contribution is -2.30. The molecule has 0 aliphatic carbocycles. The van der Waals surface area contributed by atoms with Gasteiger partial charge in [-0.3, -0.25) is 37.3 Å². The molecular weight excluding hydrogens is 1310 g/mol. The first-order valence-corrected chi connectivity index (χ1v) is 43.2. The summed E-state index contributed by atoms with van der Waals surface area (Å²) in [5, 5.41) is 10.6. The monoisotopic (exact) mass is 1450 g/mol. The smallest absolute Gasteiger partial charge is 0.462 e. The van der Waals surface area contributed by atoms with E-state index in [9.17, 15) is 43.2 Å². The first kappa shape index (κ1) is 96.5. The van der Waals surface area contributed by atoms with Crippen LogP contribution in [-0.4, -0.2) is 96.7 Å². The number of hydrogen-bond donors (Lipinski definition) is 3. The van der Waals surface area contributed by atoms with Gasteiger partial charge in [-0.1, -0.05) is 312 Å². The Morgan fingerprint density at radius 2 is 0.500 bits per heavy atom. The summed E-state index contributed by atoms with van der Waals surface area (Å²) in [5.41, 5.74) is 0. The van der Waals surface area contributed by atoms with Gasteiger partial charge in [0.1, 0.15) is 19.3 Å². The number of ether oxygens (including phenoxy) is 4. The minimum absolute atomic E-state index is 0.0232. The predicted molar refractivity (Wildman–Crippen MR) is 409 cm³/mol. The van der Waals surface area contributed by atoms with E-state index in [-0.39, 0.29) is 25.7 Å². The van der Waals surface area contributed by atoms with E-state index < -0.39 is 97.5 Å². The van der Waals surface area contributed by atoms with Crippen molar-refractivity contribution in [3.8, 4) is 0 Å². The van der Waals surface area contributed by atoms with Crippen LogP contribution >= 0.6 is 15.6 Å². The molecule has 100 heavy (non-hydrogen) atoms. The molecule has 0 saturated carbocycles. The molecule has 0 spiro atoms. The lowest BCUT2D eigenvalue weighted by molar-refractivity contribution is -0.161. The number of carbonyl (C=O) groups is 4. The van der Waals surface area contributed by atoms with E-state index in [4.69, 9.17) is 37.0 Å². The molecule has 0 bridgehead atoms. The van der Waals surface area contributed by atoms with Crippen molar-refractivity contribution in [1.82, 2.24) is 0 Å². The van der Waals surface area contributed by atoms with Crippen molar-refractivity contribution in [1.29, 1.82) is 0 Å². The predicted octanol–water partition coefficient (Wildman–Crippen LogP) is 23.2. The van der Waals surface area contributed by atoms with Crippen LogP contribution in [0.3, 0.4) is 0 Å². The lowest BCUT2D eigenvalue weighted by atomic mass is 10.0. The van der Waals surface area contributed by atoms with E-state index >= 15 is 0 Å². The molecule has 0 radical (unpaired) electrons. The van der Waals surface area contributed by atoms with Gasteiger partial charge in [-0.25, -0.2) is 9.13 Å². The number of rotatable bonds is 76. The van der Waals surface area contributed by atoms with E-state index in [0.29, 0.717) is 32.1 Å².